The van der Waals surface area contributed by atoms with Gasteiger partial charge in [0.1, 0.15) is 0 Å². The Morgan fingerprint density at radius 2 is 1.46 bits per heavy atom. The number of hydrogen-bond acceptors (Lipinski definition) is 3. The van der Waals surface area contributed by atoms with Crippen LogP contribution in [0, 0.1) is 23.2 Å². The molecule has 0 bridgehead atoms. The van der Waals surface area contributed by atoms with Gasteiger partial charge in [-0.2, -0.15) is 0 Å². The molecule has 2 aliphatic carbocycles. The summed E-state index contributed by atoms with van der Waals surface area (Å²) in [5.41, 5.74) is -0.904. The fourth-order valence-electron chi connectivity index (χ4n) is 5.01. The van der Waals surface area contributed by atoms with E-state index in [1.54, 1.807) is 0 Å². The maximum Gasteiger partial charge on any atom is 0.313 e. The summed E-state index contributed by atoms with van der Waals surface area (Å²) in [5.74, 6) is -1.49. The van der Waals surface area contributed by atoms with Crippen molar-refractivity contribution in [2.45, 2.75) is 91.1 Å². The highest BCUT2D eigenvalue weighted by molar-refractivity contribution is 5.85. The Morgan fingerprint density at radius 3 is 1.92 bits per heavy atom. The molecule has 0 aromatic rings. The van der Waals surface area contributed by atoms with Gasteiger partial charge in [-0.25, -0.2) is 0 Å². The van der Waals surface area contributed by atoms with E-state index in [-0.39, 0.29) is 23.9 Å². The Bertz CT molecular complexity index is 433. The van der Waals surface area contributed by atoms with Gasteiger partial charge in [-0.1, -0.05) is 38.5 Å². The van der Waals surface area contributed by atoms with E-state index < -0.39 is 17.3 Å². The number of rotatable bonds is 6. The molecule has 2 aliphatic rings. The topological polar surface area (TPSA) is 63.6 Å². The monoisotopic (exact) mass is 338 g/mol. The van der Waals surface area contributed by atoms with Crippen LogP contribution in [0.25, 0.3) is 0 Å². The molecule has 24 heavy (non-hydrogen) atoms. The van der Waals surface area contributed by atoms with E-state index in [0.29, 0.717) is 0 Å². The normalized spacial score (nSPS) is 24.3. The summed E-state index contributed by atoms with van der Waals surface area (Å²) in [4.78, 5) is 25.3. The van der Waals surface area contributed by atoms with Crippen LogP contribution < -0.4 is 0 Å². The Kier molecular flexibility index (Phi) is 6.70. The second-order valence-electron chi connectivity index (χ2n) is 8.29. The van der Waals surface area contributed by atoms with E-state index in [0.717, 1.165) is 51.4 Å². The van der Waals surface area contributed by atoms with Crippen LogP contribution in [-0.4, -0.2) is 23.1 Å². The second kappa shape index (κ2) is 8.35. The molecule has 0 spiro atoms. The van der Waals surface area contributed by atoms with Crippen LogP contribution in [0.3, 0.4) is 0 Å². The Morgan fingerprint density at radius 1 is 0.958 bits per heavy atom. The number of carboxylic acids is 1. The van der Waals surface area contributed by atoms with Crippen molar-refractivity contribution in [2.24, 2.45) is 23.2 Å². The lowest BCUT2D eigenvalue weighted by Crippen LogP contribution is -2.51. The van der Waals surface area contributed by atoms with Gasteiger partial charge in [0, 0.05) is 0 Å². The number of ether oxygens (including phenoxy) is 1. The van der Waals surface area contributed by atoms with Crippen molar-refractivity contribution in [3.05, 3.63) is 0 Å². The summed E-state index contributed by atoms with van der Waals surface area (Å²) in [6, 6.07) is 0. The Labute approximate surface area is 146 Å². The molecule has 0 aliphatic heterocycles. The van der Waals surface area contributed by atoms with Crippen molar-refractivity contribution in [2.75, 3.05) is 0 Å². The van der Waals surface area contributed by atoms with E-state index in [4.69, 9.17) is 4.74 Å². The molecule has 2 rings (SSSR count). The van der Waals surface area contributed by atoms with Crippen molar-refractivity contribution >= 4 is 11.9 Å². The van der Waals surface area contributed by atoms with Crippen LogP contribution in [-0.2, 0) is 14.3 Å². The fourth-order valence-corrected chi connectivity index (χ4v) is 5.01. The molecule has 0 aromatic heterocycles. The highest BCUT2D eigenvalue weighted by atomic mass is 16.5. The summed E-state index contributed by atoms with van der Waals surface area (Å²) in [6.07, 6.45) is 10.2. The van der Waals surface area contributed by atoms with Crippen LogP contribution in [0.15, 0.2) is 0 Å². The number of carboxylic acid groups (broad SMARTS) is 1. The number of carbonyl (C=O) groups excluding carboxylic acids is 1. The van der Waals surface area contributed by atoms with Gasteiger partial charge >= 0.3 is 11.9 Å². The van der Waals surface area contributed by atoms with Gasteiger partial charge in [0.25, 0.3) is 0 Å². The van der Waals surface area contributed by atoms with Crippen LogP contribution in [0.1, 0.15) is 85.0 Å². The molecule has 0 saturated heterocycles. The maximum absolute atomic E-state index is 13.1. The Hall–Kier alpha value is -1.06. The lowest BCUT2D eigenvalue weighted by atomic mass is 9.58. The minimum Gasteiger partial charge on any atom is -0.481 e. The molecule has 4 nitrogen and oxygen atoms in total. The average Bonchev–Trinajstić information content (AvgIpc) is 2.55. The second-order valence-corrected chi connectivity index (χ2v) is 8.29. The molecule has 138 valence electrons. The third kappa shape index (κ3) is 4.12. The minimum absolute atomic E-state index is 0.0999. The smallest absolute Gasteiger partial charge is 0.313 e. The summed E-state index contributed by atoms with van der Waals surface area (Å²) in [6.45, 7) is 5.58. The van der Waals surface area contributed by atoms with Gasteiger partial charge in [-0.05, 0) is 58.3 Å². The minimum atomic E-state index is -0.904. The zero-order valence-corrected chi connectivity index (χ0v) is 15.6. The quantitative estimate of drug-likeness (QED) is 0.706. The van der Waals surface area contributed by atoms with Crippen molar-refractivity contribution in [3.8, 4) is 0 Å². The molecule has 2 unspecified atom stereocenters. The third-order valence-electron chi connectivity index (χ3n) is 6.27. The van der Waals surface area contributed by atoms with Crippen molar-refractivity contribution in [3.63, 3.8) is 0 Å². The Balaban J connectivity index is 2.36. The van der Waals surface area contributed by atoms with E-state index in [2.05, 4.69) is 0 Å². The molecule has 1 N–H and O–H groups in total. The first kappa shape index (κ1) is 19.3. The van der Waals surface area contributed by atoms with Gasteiger partial charge < -0.3 is 9.84 Å². The zero-order valence-electron chi connectivity index (χ0n) is 15.6. The molecule has 0 heterocycles. The maximum atomic E-state index is 13.1. The van der Waals surface area contributed by atoms with Gasteiger partial charge in [0.05, 0.1) is 17.4 Å². The highest BCUT2D eigenvalue weighted by Gasteiger charge is 2.54. The molecule has 2 atom stereocenters. The zero-order chi connectivity index (χ0) is 17.7. The molecule has 2 saturated carbocycles. The standard InChI is InChI=1S/C20H34O4/c1-14(2)24-19(23)20(3,16-12-8-5-9-13-16)17(18(21)22)15-10-6-4-7-11-15/h14-17H,4-13H2,1-3H3,(H,21,22). The lowest BCUT2D eigenvalue weighted by molar-refractivity contribution is -0.179. The van der Waals surface area contributed by atoms with Crippen LogP contribution in [0.2, 0.25) is 0 Å². The first-order valence-electron chi connectivity index (χ1n) is 9.81. The average molecular weight is 338 g/mol. The van der Waals surface area contributed by atoms with Crippen LogP contribution in [0.5, 0.6) is 0 Å². The van der Waals surface area contributed by atoms with Crippen molar-refractivity contribution in [1.82, 2.24) is 0 Å². The lowest BCUT2D eigenvalue weighted by Gasteiger charge is -2.45. The molecule has 0 amide bonds. The largest absolute Gasteiger partial charge is 0.481 e. The number of hydrogen-bond donors (Lipinski definition) is 1. The van der Waals surface area contributed by atoms with Gasteiger partial charge in [0.15, 0.2) is 0 Å². The number of carbonyl (C=O) groups is 2. The first-order chi connectivity index (χ1) is 11.4. The predicted molar refractivity (Wildman–Crippen MR) is 93.6 cm³/mol. The molecule has 2 fully saturated rings. The van der Waals surface area contributed by atoms with E-state index in [1.807, 2.05) is 20.8 Å². The van der Waals surface area contributed by atoms with E-state index in [9.17, 15) is 14.7 Å². The van der Waals surface area contributed by atoms with Crippen LogP contribution in [0.4, 0.5) is 0 Å². The number of esters is 1. The molecule has 4 heteroatoms. The molecule has 0 aromatic carbocycles. The van der Waals surface area contributed by atoms with Crippen LogP contribution >= 0.6 is 0 Å². The van der Waals surface area contributed by atoms with E-state index in [1.165, 1.54) is 12.8 Å². The third-order valence-corrected chi connectivity index (χ3v) is 6.27. The molecular weight excluding hydrogens is 304 g/mol. The predicted octanol–water partition coefficient (Wildman–Crippen LogP) is 4.81. The van der Waals surface area contributed by atoms with Crippen molar-refractivity contribution in [1.29, 1.82) is 0 Å². The van der Waals surface area contributed by atoms with E-state index >= 15 is 0 Å². The van der Waals surface area contributed by atoms with Gasteiger partial charge in [0.2, 0.25) is 0 Å². The summed E-state index contributed by atoms with van der Waals surface area (Å²) < 4.78 is 5.59. The summed E-state index contributed by atoms with van der Waals surface area (Å²) in [5, 5.41) is 10.1. The molecule has 0 radical (unpaired) electrons. The van der Waals surface area contributed by atoms with Gasteiger partial charge in [-0.3, -0.25) is 9.59 Å². The molecular formula is C20H34O4. The SMILES string of the molecule is CC(C)OC(=O)C(C)(C1CCCCC1)C(C(=O)O)C1CCCCC1. The summed E-state index contributed by atoms with van der Waals surface area (Å²) >= 11 is 0. The summed E-state index contributed by atoms with van der Waals surface area (Å²) in [7, 11) is 0. The number of aliphatic carboxylic acids is 1. The van der Waals surface area contributed by atoms with Gasteiger partial charge in [-0.15, -0.1) is 0 Å². The van der Waals surface area contributed by atoms with Crippen molar-refractivity contribution < 1.29 is 19.4 Å². The first-order valence-corrected chi connectivity index (χ1v) is 9.81. The highest BCUT2D eigenvalue weighted by Crippen LogP contribution is 2.50. The fraction of sp³-hybridized carbons (Fsp3) is 0.900.